The van der Waals surface area contributed by atoms with Gasteiger partial charge in [-0.05, 0) is 115 Å². The first-order valence-corrected chi connectivity index (χ1v) is 19.0. The predicted octanol–water partition coefficient (Wildman–Crippen LogP) is 8.13. The molecule has 5 aromatic carbocycles. The smallest absolute Gasteiger partial charge is 0.260 e. The van der Waals surface area contributed by atoms with Crippen LogP contribution in [0.3, 0.4) is 0 Å². The molecule has 2 heterocycles. The predicted molar refractivity (Wildman–Crippen MR) is 212 cm³/mol. The minimum atomic E-state index is -1.57. The summed E-state index contributed by atoms with van der Waals surface area (Å²) >= 11 is 6.39. The number of benzene rings is 5. The lowest BCUT2D eigenvalue weighted by Gasteiger charge is -2.50. The third-order valence-corrected chi connectivity index (χ3v) is 12.2. The number of halogens is 2. The van der Waals surface area contributed by atoms with Crippen LogP contribution in [-0.4, -0.2) is 40.9 Å². The molecule has 3 fully saturated rings. The van der Waals surface area contributed by atoms with Gasteiger partial charge in [0, 0.05) is 22.3 Å². The summed E-state index contributed by atoms with van der Waals surface area (Å²) in [5.41, 5.74) is 5.64. The number of phenols is 1. The Morgan fingerprint density at radius 3 is 2.18 bits per heavy atom. The zero-order chi connectivity index (χ0) is 39.6. The molecule has 6 unspecified atom stereocenters. The highest BCUT2D eigenvalue weighted by Crippen LogP contribution is 2.64. The van der Waals surface area contributed by atoms with Gasteiger partial charge in [0.1, 0.15) is 5.82 Å². The van der Waals surface area contributed by atoms with E-state index in [4.69, 9.17) is 16.3 Å². The molecule has 12 heteroatoms. The van der Waals surface area contributed by atoms with E-state index in [1.165, 1.54) is 42.3 Å². The molecule has 0 spiro atoms. The van der Waals surface area contributed by atoms with Crippen LogP contribution in [0, 0.1) is 29.5 Å². The molecule has 0 bridgehead atoms. The van der Waals surface area contributed by atoms with Crippen LogP contribution in [0.15, 0.2) is 133 Å². The third kappa shape index (κ3) is 5.75. The molecule has 0 aromatic heterocycles. The average Bonchev–Trinajstić information content (AvgIpc) is 3.60. The first kappa shape index (κ1) is 36.2. The van der Waals surface area contributed by atoms with Gasteiger partial charge in [-0.1, -0.05) is 59.6 Å². The fourth-order valence-corrected chi connectivity index (χ4v) is 9.67. The lowest BCUT2D eigenvalue weighted by atomic mass is 9.49. The fraction of sp³-hybridized carbons (Fsp3) is 0.200. The van der Waals surface area contributed by atoms with Crippen molar-refractivity contribution >= 4 is 58.0 Å². The number of allylic oxidation sites excluding steroid dienone is 2. The first-order chi connectivity index (χ1) is 27.6. The summed E-state index contributed by atoms with van der Waals surface area (Å²) in [5.74, 6) is -6.21. The van der Waals surface area contributed by atoms with Crippen molar-refractivity contribution in [3.05, 3.63) is 155 Å². The van der Waals surface area contributed by atoms with Crippen molar-refractivity contribution in [3.63, 3.8) is 0 Å². The van der Waals surface area contributed by atoms with E-state index in [0.717, 1.165) is 22.0 Å². The number of carbonyl (C=O) groups is 4. The van der Waals surface area contributed by atoms with Crippen LogP contribution in [0.2, 0.25) is 5.02 Å². The molecule has 10 nitrogen and oxygen atoms in total. The molecule has 286 valence electrons. The number of aromatic hydroxyl groups is 1. The van der Waals surface area contributed by atoms with Crippen LogP contribution in [0.1, 0.15) is 29.9 Å². The molecule has 1 saturated carbocycles. The zero-order valence-corrected chi connectivity index (χ0v) is 31.3. The van der Waals surface area contributed by atoms with Gasteiger partial charge in [-0.25, -0.2) is 4.39 Å². The number of nitrogens with zero attached hydrogens (tertiary/aromatic N) is 2. The number of nitrogens with one attached hydrogen (secondary N) is 2. The monoisotopic (exact) mass is 782 g/mol. The minimum absolute atomic E-state index is 0.0836. The second kappa shape index (κ2) is 13.9. The van der Waals surface area contributed by atoms with Gasteiger partial charge in [0.2, 0.25) is 11.8 Å². The number of rotatable bonds is 8. The number of ether oxygens (including phenoxy) is 1. The molecule has 57 heavy (non-hydrogen) atoms. The Morgan fingerprint density at radius 1 is 0.789 bits per heavy atom. The molecule has 0 radical (unpaired) electrons. The van der Waals surface area contributed by atoms with Gasteiger partial charge in [0.15, 0.2) is 11.5 Å². The normalized spacial score (nSPS) is 25.1. The molecule has 6 atom stereocenters. The quantitative estimate of drug-likeness (QED) is 0.106. The summed E-state index contributed by atoms with van der Waals surface area (Å²) in [4.78, 5) is 60.4. The van der Waals surface area contributed by atoms with Gasteiger partial charge in [-0.15, -0.1) is 0 Å². The molecular formula is C45H36ClFN4O6. The minimum Gasteiger partial charge on any atom is -0.504 e. The molecule has 5 aromatic rings. The lowest BCUT2D eigenvalue weighted by molar-refractivity contribution is -0.138. The number of methoxy groups -OCH3 is 1. The second-order valence-corrected chi connectivity index (χ2v) is 15.3. The zero-order valence-electron chi connectivity index (χ0n) is 30.6. The summed E-state index contributed by atoms with van der Waals surface area (Å²) in [6.45, 7) is 0. The molecule has 2 saturated heterocycles. The van der Waals surface area contributed by atoms with E-state index in [2.05, 4.69) is 10.7 Å². The van der Waals surface area contributed by atoms with Gasteiger partial charge in [0.25, 0.3) is 11.8 Å². The van der Waals surface area contributed by atoms with Crippen LogP contribution in [-0.2, 0) is 24.6 Å². The van der Waals surface area contributed by atoms with Crippen LogP contribution >= 0.6 is 11.6 Å². The van der Waals surface area contributed by atoms with Gasteiger partial charge in [-0.2, -0.15) is 5.01 Å². The van der Waals surface area contributed by atoms with Crippen molar-refractivity contribution in [3.8, 4) is 11.5 Å². The van der Waals surface area contributed by atoms with E-state index >= 15 is 4.79 Å². The summed E-state index contributed by atoms with van der Waals surface area (Å²) in [6.07, 6.45) is 2.28. The Kier molecular flexibility index (Phi) is 8.85. The number of anilines is 4. The van der Waals surface area contributed by atoms with Gasteiger partial charge in [-0.3, -0.25) is 29.5 Å². The number of hydrazine groups is 1. The number of para-hydroxylation sites is 1. The summed E-state index contributed by atoms with van der Waals surface area (Å²) in [5, 5.41) is 15.4. The molecule has 4 aliphatic rings. The molecule has 2 aliphatic heterocycles. The van der Waals surface area contributed by atoms with Crippen LogP contribution in [0.5, 0.6) is 11.5 Å². The molecule has 2 aliphatic carbocycles. The summed E-state index contributed by atoms with van der Waals surface area (Å²) in [6, 6.07) is 33.7. The Labute approximate surface area is 332 Å². The summed E-state index contributed by atoms with van der Waals surface area (Å²) in [7, 11) is 1.42. The van der Waals surface area contributed by atoms with E-state index in [1.807, 2.05) is 48.5 Å². The van der Waals surface area contributed by atoms with Crippen LogP contribution in [0.25, 0.3) is 0 Å². The number of hydrogen-bond donors (Lipinski definition) is 3. The fourth-order valence-electron chi connectivity index (χ4n) is 9.54. The summed E-state index contributed by atoms with van der Waals surface area (Å²) < 4.78 is 19.5. The number of imide groups is 2. The maximum Gasteiger partial charge on any atom is 0.260 e. The molecule has 4 amide bonds. The third-order valence-electron chi connectivity index (χ3n) is 12.0. The van der Waals surface area contributed by atoms with E-state index in [1.54, 1.807) is 48.5 Å². The van der Waals surface area contributed by atoms with Gasteiger partial charge < -0.3 is 15.2 Å². The number of amides is 4. The number of phenolic OH excluding ortho intramolecular Hbond substituents is 1. The maximum atomic E-state index is 15.3. The van der Waals surface area contributed by atoms with Gasteiger partial charge in [0.05, 0.1) is 41.7 Å². The topological polar surface area (TPSA) is 128 Å². The van der Waals surface area contributed by atoms with E-state index in [-0.39, 0.29) is 36.2 Å². The highest BCUT2D eigenvalue weighted by atomic mass is 35.5. The Bertz CT molecular complexity index is 2460. The van der Waals surface area contributed by atoms with Crippen molar-refractivity contribution in [2.75, 3.05) is 22.8 Å². The maximum absolute atomic E-state index is 15.3. The number of hydrogen-bond acceptors (Lipinski definition) is 8. The largest absolute Gasteiger partial charge is 0.504 e. The highest BCUT2D eigenvalue weighted by Gasteiger charge is 2.70. The van der Waals surface area contributed by atoms with Crippen LogP contribution in [0.4, 0.5) is 27.1 Å². The standard InChI is InChI=1S/C45H36ClFN4O6/c1-57-38-23-25(7-22-37(38)52)40-33-20-21-34-39(43(55)50(41(34)53)32-18-16-30(17-19-32)48-29-5-3-2-4-6-29)35(33)24-36-42(54)51(49-31-14-12-28(47)13-15-31)44(56)45(36,40)26-8-10-27(46)11-9-26/h2-20,22-23,34-36,39-40,48-49,52H,21,24H2,1H3. The SMILES string of the molecule is COc1cc(C2C3=CCC4C(=O)N(c5ccc(Nc6ccccc6)cc5)C(=O)C4C3CC3C(=O)N(Nc4ccc(F)cc4)C(=O)C32c2ccc(Cl)cc2)ccc1O. The number of fused-ring (bicyclic) bond motifs is 4. The van der Waals surface area contributed by atoms with Crippen molar-refractivity contribution in [1.82, 2.24) is 5.01 Å². The highest BCUT2D eigenvalue weighted by molar-refractivity contribution is 6.30. The van der Waals surface area contributed by atoms with Crippen molar-refractivity contribution in [2.45, 2.75) is 24.2 Å². The molecule has 9 rings (SSSR count). The lowest BCUT2D eigenvalue weighted by Crippen LogP contribution is -2.53. The molecule has 3 N–H and O–H groups in total. The second-order valence-electron chi connectivity index (χ2n) is 14.9. The number of carbonyl (C=O) groups excluding carboxylic acids is 4. The van der Waals surface area contributed by atoms with Gasteiger partial charge >= 0.3 is 0 Å². The van der Waals surface area contributed by atoms with Crippen molar-refractivity contribution < 1.29 is 33.4 Å². The van der Waals surface area contributed by atoms with E-state index in [9.17, 15) is 23.9 Å². The Hall–Kier alpha value is -6.46. The van der Waals surface area contributed by atoms with Crippen molar-refractivity contribution in [2.24, 2.45) is 23.7 Å². The average molecular weight is 783 g/mol. The first-order valence-electron chi connectivity index (χ1n) is 18.6. The Balaban J connectivity index is 1.16. The molecular weight excluding hydrogens is 747 g/mol. The van der Waals surface area contributed by atoms with Crippen molar-refractivity contribution in [1.29, 1.82) is 0 Å². The van der Waals surface area contributed by atoms with E-state index in [0.29, 0.717) is 27.5 Å². The van der Waals surface area contributed by atoms with Crippen LogP contribution < -0.4 is 20.4 Å². The van der Waals surface area contributed by atoms with E-state index < -0.39 is 52.6 Å². The Morgan fingerprint density at radius 2 is 1.47 bits per heavy atom.